The maximum absolute atomic E-state index is 11.4. The smallest absolute Gasteiger partial charge is 0.407 e. The summed E-state index contributed by atoms with van der Waals surface area (Å²) in [5, 5.41) is 4.65. The van der Waals surface area contributed by atoms with E-state index in [0.29, 0.717) is 0 Å². The summed E-state index contributed by atoms with van der Waals surface area (Å²) >= 11 is 0. The van der Waals surface area contributed by atoms with E-state index in [9.17, 15) is 14.4 Å². The Morgan fingerprint density at radius 1 is 1.31 bits per heavy atom. The van der Waals surface area contributed by atoms with Crippen molar-refractivity contribution in [2.45, 2.75) is 45.3 Å². The van der Waals surface area contributed by atoms with Crippen LogP contribution in [0.5, 0.6) is 0 Å². The fraction of sp³-hybridized carbons (Fsp3) is 0.700. The van der Waals surface area contributed by atoms with Gasteiger partial charge in [0.15, 0.2) is 0 Å². The summed E-state index contributed by atoms with van der Waals surface area (Å²) in [5.41, 5.74) is -0.592. The van der Waals surface area contributed by atoms with Gasteiger partial charge in [0.1, 0.15) is 5.60 Å². The van der Waals surface area contributed by atoms with Gasteiger partial charge in [0.05, 0.1) is 0 Å². The first-order chi connectivity index (χ1) is 7.26. The van der Waals surface area contributed by atoms with Crippen LogP contribution in [-0.4, -0.2) is 29.6 Å². The first-order valence-electron chi connectivity index (χ1n) is 5.08. The number of hydrogen-bond acceptors (Lipinski definition) is 4. The van der Waals surface area contributed by atoms with Crippen LogP contribution in [0.1, 0.15) is 33.6 Å². The van der Waals surface area contributed by atoms with Gasteiger partial charge in [0, 0.05) is 18.9 Å². The Kier molecular flexibility index (Phi) is 3.51. The zero-order valence-corrected chi connectivity index (χ0v) is 9.62. The number of amides is 3. The molecule has 1 heterocycles. The largest absolute Gasteiger partial charge is 0.444 e. The van der Waals surface area contributed by atoms with Gasteiger partial charge in [0.2, 0.25) is 11.8 Å². The van der Waals surface area contributed by atoms with Gasteiger partial charge in [-0.15, -0.1) is 0 Å². The lowest BCUT2D eigenvalue weighted by Crippen LogP contribution is -2.49. The minimum Gasteiger partial charge on any atom is -0.444 e. The highest BCUT2D eigenvalue weighted by Gasteiger charge is 2.27. The zero-order chi connectivity index (χ0) is 12.3. The highest BCUT2D eigenvalue weighted by Crippen LogP contribution is 2.09. The SMILES string of the molecule is CC(C)(C)OC(=O)NC1CC(=O)NC(=O)C1. The molecule has 0 atom stereocenters. The molecule has 6 nitrogen and oxygen atoms in total. The van der Waals surface area contributed by atoms with Gasteiger partial charge in [-0.3, -0.25) is 14.9 Å². The van der Waals surface area contributed by atoms with Crippen molar-refractivity contribution >= 4 is 17.9 Å². The second-order valence-electron chi connectivity index (χ2n) is 4.72. The predicted molar refractivity (Wildman–Crippen MR) is 55.5 cm³/mol. The Labute approximate surface area is 93.7 Å². The van der Waals surface area contributed by atoms with E-state index in [1.54, 1.807) is 20.8 Å². The van der Waals surface area contributed by atoms with E-state index in [2.05, 4.69) is 10.6 Å². The molecule has 0 aromatic rings. The van der Waals surface area contributed by atoms with Crippen molar-refractivity contribution in [3.63, 3.8) is 0 Å². The number of alkyl carbamates (subject to hydrolysis) is 1. The highest BCUT2D eigenvalue weighted by molar-refractivity contribution is 5.98. The minimum atomic E-state index is -0.611. The Morgan fingerprint density at radius 3 is 2.25 bits per heavy atom. The molecule has 1 rings (SSSR count). The molecule has 0 radical (unpaired) electrons. The van der Waals surface area contributed by atoms with Crippen molar-refractivity contribution in [1.82, 2.24) is 10.6 Å². The molecule has 1 aliphatic heterocycles. The summed E-state index contributed by atoms with van der Waals surface area (Å²) in [6, 6.07) is -0.476. The van der Waals surface area contributed by atoms with Crippen molar-refractivity contribution in [2.24, 2.45) is 0 Å². The van der Waals surface area contributed by atoms with Gasteiger partial charge in [-0.25, -0.2) is 4.79 Å². The molecule has 0 spiro atoms. The van der Waals surface area contributed by atoms with Gasteiger partial charge in [-0.2, -0.15) is 0 Å². The van der Waals surface area contributed by atoms with Crippen LogP contribution in [0.3, 0.4) is 0 Å². The van der Waals surface area contributed by atoms with Gasteiger partial charge in [-0.1, -0.05) is 0 Å². The Morgan fingerprint density at radius 2 is 1.81 bits per heavy atom. The molecule has 0 aromatic carbocycles. The summed E-state index contributed by atoms with van der Waals surface area (Å²) in [5.74, 6) is -0.755. The number of carbonyl (C=O) groups is 3. The first-order valence-corrected chi connectivity index (χ1v) is 5.08. The van der Waals surface area contributed by atoms with Crippen LogP contribution in [0.2, 0.25) is 0 Å². The number of ether oxygens (including phenoxy) is 1. The van der Waals surface area contributed by atoms with Crippen LogP contribution in [-0.2, 0) is 14.3 Å². The highest BCUT2D eigenvalue weighted by atomic mass is 16.6. The van der Waals surface area contributed by atoms with E-state index in [-0.39, 0.29) is 24.7 Å². The van der Waals surface area contributed by atoms with Crippen LogP contribution in [0.25, 0.3) is 0 Å². The number of imide groups is 1. The number of hydrogen-bond donors (Lipinski definition) is 2. The quantitative estimate of drug-likeness (QED) is 0.633. The third-order valence-electron chi connectivity index (χ3n) is 1.86. The van der Waals surface area contributed by atoms with Gasteiger partial charge >= 0.3 is 6.09 Å². The third-order valence-corrected chi connectivity index (χ3v) is 1.86. The number of rotatable bonds is 1. The Balaban J connectivity index is 2.45. The number of piperidine rings is 1. The predicted octanol–water partition coefficient (Wildman–Crippen LogP) is 0.316. The average molecular weight is 228 g/mol. The van der Waals surface area contributed by atoms with Crippen LogP contribution in [0.4, 0.5) is 4.79 Å². The van der Waals surface area contributed by atoms with Gasteiger partial charge in [0.25, 0.3) is 0 Å². The van der Waals surface area contributed by atoms with Crippen molar-refractivity contribution in [3.8, 4) is 0 Å². The summed E-state index contributed by atoms with van der Waals surface area (Å²) in [6.45, 7) is 5.22. The fourth-order valence-electron chi connectivity index (χ4n) is 1.35. The maximum Gasteiger partial charge on any atom is 0.407 e. The molecule has 16 heavy (non-hydrogen) atoms. The second-order valence-corrected chi connectivity index (χ2v) is 4.72. The fourth-order valence-corrected chi connectivity index (χ4v) is 1.35. The van der Waals surface area contributed by atoms with E-state index in [4.69, 9.17) is 4.74 Å². The van der Waals surface area contributed by atoms with E-state index in [1.165, 1.54) is 0 Å². The van der Waals surface area contributed by atoms with E-state index < -0.39 is 17.7 Å². The molecule has 0 bridgehead atoms. The summed E-state index contributed by atoms with van der Waals surface area (Å²) < 4.78 is 5.02. The number of nitrogens with one attached hydrogen (secondary N) is 2. The molecular weight excluding hydrogens is 212 g/mol. The van der Waals surface area contributed by atoms with Gasteiger partial charge in [-0.05, 0) is 20.8 Å². The van der Waals surface area contributed by atoms with E-state index in [0.717, 1.165) is 0 Å². The molecular formula is C10H16N2O4. The first kappa shape index (κ1) is 12.5. The lowest BCUT2D eigenvalue weighted by atomic mass is 10.1. The normalized spacial score (nSPS) is 17.9. The van der Waals surface area contributed by atoms with E-state index in [1.807, 2.05) is 0 Å². The van der Waals surface area contributed by atoms with Crippen LogP contribution >= 0.6 is 0 Å². The van der Waals surface area contributed by atoms with E-state index >= 15 is 0 Å². The summed E-state index contributed by atoms with van der Waals surface area (Å²) in [6.07, 6.45) is -0.407. The molecule has 3 amide bonds. The monoisotopic (exact) mass is 228 g/mol. The lowest BCUT2D eigenvalue weighted by Gasteiger charge is -2.25. The standard InChI is InChI=1S/C10H16N2O4/c1-10(2,3)16-9(15)11-6-4-7(13)12-8(14)5-6/h6H,4-5H2,1-3H3,(H,11,15)(H,12,13,14). The van der Waals surface area contributed by atoms with Crippen LogP contribution in [0, 0.1) is 0 Å². The Hall–Kier alpha value is -1.59. The minimum absolute atomic E-state index is 0.102. The lowest BCUT2D eigenvalue weighted by molar-refractivity contribution is -0.133. The molecule has 1 aliphatic rings. The molecule has 90 valence electrons. The maximum atomic E-state index is 11.4. The van der Waals surface area contributed by atoms with Gasteiger partial charge < -0.3 is 10.1 Å². The molecule has 1 fully saturated rings. The molecule has 2 N–H and O–H groups in total. The molecule has 0 aromatic heterocycles. The zero-order valence-electron chi connectivity index (χ0n) is 9.62. The summed E-state index contributed by atoms with van der Waals surface area (Å²) in [4.78, 5) is 33.4. The second kappa shape index (κ2) is 4.51. The van der Waals surface area contributed by atoms with Crippen molar-refractivity contribution in [2.75, 3.05) is 0 Å². The third kappa shape index (κ3) is 4.29. The molecule has 6 heteroatoms. The topological polar surface area (TPSA) is 84.5 Å². The molecule has 1 saturated heterocycles. The molecule has 0 aliphatic carbocycles. The van der Waals surface area contributed by atoms with Crippen molar-refractivity contribution < 1.29 is 19.1 Å². The van der Waals surface area contributed by atoms with Crippen molar-refractivity contribution in [3.05, 3.63) is 0 Å². The average Bonchev–Trinajstić information content (AvgIpc) is 1.96. The Bertz CT molecular complexity index is 303. The summed E-state index contributed by atoms with van der Waals surface area (Å²) in [7, 11) is 0. The molecule has 0 saturated carbocycles. The van der Waals surface area contributed by atoms with Crippen molar-refractivity contribution in [1.29, 1.82) is 0 Å². The van der Waals surface area contributed by atoms with Crippen LogP contribution in [0.15, 0.2) is 0 Å². The van der Waals surface area contributed by atoms with Crippen LogP contribution < -0.4 is 10.6 Å². The number of carbonyl (C=O) groups excluding carboxylic acids is 3. The molecule has 0 unspecified atom stereocenters.